The first-order valence-electron chi connectivity index (χ1n) is 12.4. The van der Waals surface area contributed by atoms with Gasteiger partial charge in [0.25, 0.3) is 5.91 Å². The second kappa shape index (κ2) is 11.4. The number of rotatable bonds is 8. The number of amidine groups is 1. The Morgan fingerprint density at radius 1 is 1.00 bits per heavy atom. The highest BCUT2D eigenvalue weighted by Crippen LogP contribution is 2.36. The molecule has 7 nitrogen and oxygen atoms in total. The number of carbonyl (C=O) groups is 2. The molecular formula is C31H26N2O5S. The van der Waals surface area contributed by atoms with Crippen molar-refractivity contribution in [3.05, 3.63) is 107 Å². The summed E-state index contributed by atoms with van der Waals surface area (Å²) in [4.78, 5) is 30.9. The molecule has 1 aliphatic heterocycles. The van der Waals surface area contributed by atoms with Crippen LogP contribution >= 0.6 is 11.8 Å². The Morgan fingerprint density at radius 2 is 1.77 bits per heavy atom. The Bertz CT molecular complexity index is 1610. The van der Waals surface area contributed by atoms with E-state index in [0.29, 0.717) is 40.4 Å². The van der Waals surface area contributed by atoms with Crippen LogP contribution < -0.4 is 9.47 Å². The van der Waals surface area contributed by atoms with E-state index in [2.05, 4.69) is 29.3 Å². The van der Waals surface area contributed by atoms with Crippen LogP contribution in [0.1, 0.15) is 28.4 Å². The topological polar surface area (TPSA) is 88.4 Å². The maximum atomic E-state index is 13.1. The van der Waals surface area contributed by atoms with E-state index in [0.717, 1.165) is 21.9 Å². The summed E-state index contributed by atoms with van der Waals surface area (Å²) in [6, 6.07) is 26.1. The normalized spacial score (nSPS) is 15.3. The number of hydrogen-bond acceptors (Lipinski definition) is 6. The Hall–Kier alpha value is -4.56. The lowest BCUT2D eigenvalue weighted by atomic mass is 10.1. The van der Waals surface area contributed by atoms with E-state index >= 15 is 0 Å². The summed E-state index contributed by atoms with van der Waals surface area (Å²) in [5.41, 5.74) is 2.63. The molecule has 39 heavy (non-hydrogen) atoms. The molecule has 0 spiro atoms. The number of hydrogen-bond donors (Lipinski definition) is 1. The van der Waals surface area contributed by atoms with Crippen LogP contribution in [0.4, 0.5) is 5.69 Å². The third-order valence-corrected chi connectivity index (χ3v) is 7.30. The first kappa shape index (κ1) is 26.1. The van der Waals surface area contributed by atoms with E-state index < -0.39 is 5.97 Å². The first-order chi connectivity index (χ1) is 19.0. The van der Waals surface area contributed by atoms with Gasteiger partial charge in [0.05, 0.1) is 23.3 Å². The summed E-state index contributed by atoms with van der Waals surface area (Å²) >= 11 is 1.28. The Labute approximate surface area is 230 Å². The molecule has 0 atom stereocenters. The highest BCUT2D eigenvalue weighted by Gasteiger charge is 2.32. The number of likely N-dealkylation sites (N-methyl/N-ethyl adjacent to an activating group) is 1. The van der Waals surface area contributed by atoms with E-state index in [1.54, 1.807) is 24.1 Å². The number of aromatic carboxylic acids is 1. The van der Waals surface area contributed by atoms with Crippen molar-refractivity contribution in [1.29, 1.82) is 0 Å². The minimum Gasteiger partial charge on any atom is -0.493 e. The number of amides is 1. The lowest BCUT2D eigenvalue weighted by Gasteiger charge is -2.13. The van der Waals surface area contributed by atoms with Gasteiger partial charge in [0.2, 0.25) is 0 Å². The lowest BCUT2D eigenvalue weighted by molar-refractivity contribution is -0.122. The van der Waals surface area contributed by atoms with Crippen LogP contribution in [0.3, 0.4) is 0 Å². The van der Waals surface area contributed by atoms with Gasteiger partial charge in [-0.1, -0.05) is 48.5 Å². The molecule has 5 rings (SSSR count). The fraction of sp³-hybridized carbons (Fsp3) is 0.129. The Balaban J connectivity index is 1.35. The summed E-state index contributed by atoms with van der Waals surface area (Å²) < 4.78 is 11.7. The number of fused-ring (bicyclic) bond motifs is 1. The van der Waals surface area contributed by atoms with Crippen LogP contribution in [-0.4, -0.2) is 40.7 Å². The van der Waals surface area contributed by atoms with Crippen molar-refractivity contribution < 1.29 is 24.2 Å². The summed E-state index contributed by atoms with van der Waals surface area (Å²) in [5.74, 6) is 0.0408. The average Bonchev–Trinajstić information content (AvgIpc) is 3.25. The number of aliphatic imine (C=N–C) groups is 1. The monoisotopic (exact) mass is 538 g/mol. The summed E-state index contributed by atoms with van der Waals surface area (Å²) in [7, 11) is 1.59. The maximum Gasteiger partial charge on any atom is 0.335 e. The quantitative estimate of drug-likeness (QED) is 0.250. The van der Waals surface area contributed by atoms with Crippen molar-refractivity contribution in [2.75, 3.05) is 13.7 Å². The number of carboxylic acids is 1. The van der Waals surface area contributed by atoms with Gasteiger partial charge in [0, 0.05) is 6.54 Å². The minimum atomic E-state index is -1.000. The van der Waals surface area contributed by atoms with E-state index in [4.69, 9.17) is 14.6 Å². The zero-order valence-corrected chi connectivity index (χ0v) is 22.3. The molecule has 0 radical (unpaired) electrons. The van der Waals surface area contributed by atoms with Crippen LogP contribution in [0.15, 0.2) is 94.8 Å². The van der Waals surface area contributed by atoms with Gasteiger partial charge < -0.3 is 14.6 Å². The fourth-order valence-electron chi connectivity index (χ4n) is 4.28. The van der Waals surface area contributed by atoms with Crippen LogP contribution in [0, 0.1) is 0 Å². The predicted octanol–water partition coefficient (Wildman–Crippen LogP) is 6.75. The number of carbonyl (C=O) groups excluding carboxylic acids is 1. The number of nitrogens with zero attached hydrogens (tertiary/aromatic N) is 2. The van der Waals surface area contributed by atoms with Crippen molar-refractivity contribution >= 4 is 51.3 Å². The third-order valence-electron chi connectivity index (χ3n) is 6.29. The molecule has 196 valence electrons. The lowest BCUT2D eigenvalue weighted by Crippen LogP contribution is -2.28. The third kappa shape index (κ3) is 5.66. The maximum absolute atomic E-state index is 13.1. The van der Waals surface area contributed by atoms with Crippen molar-refractivity contribution in [2.24, 2.45) is 4.99 Å². The Morgan fingerprint density at radius 3 is 2.51 bits per heavy atom. The molecule has 1 N–H and O–H groups in total. The molecule has 8 heteroatoms. The van der Waals surface area contributed by atoms with Gasteiger partial charge in [-0.25, -0.2) is 9.79 Å². The molecule has 0 bridgehead atoms. The number of thioether (sulfide) groups is 1. The van der Waals surface area contributed by atoms with Gasteiger partial charge in [-0.05, 0) is 83.1 Å². The molecule has 1 aliphatic rings. The van der Waals surface area contributed by atoms with Gasteiger partial charge in [-0.15, -0.1) is 0 Å². The molecule has 0 unspecified atom stereocenters. The Kier molecular flexibility index (Phi) is 7.65. The highest BCUT2D eigenvalue weighted by atomic mass is 32.2. The number of benzene rings is 4. The SMILES string of the molecule is CCN1C(=O)/C(=C/c2ccc(OCc3cccc4ccccc34)c(OC)c2)SC1=Nc1ccc(C(=O)O)cc1. The van der Waals surface area contributed by atoms with Crippen LogP contribution in [0.25, 0.3) is 16.8 Å². The minimum absolute atomic E-state index is 0.140. The predicted molar refractivity (Wildman–Crippen MR) is 155 cm³/mol. The molecule has 1 fully saturated rings. The molecular weight excluding hydrogens is 512 g/mol. The van der Waals surface area contributed by atoms with Crippen molar-refractivity contribution in [3.8, 4) is 11.5 Å². The number of carboxylic acid groups (broad SMARTS) is 1. The molecule has 0 aromatic heterocycles. The molecule has 4 aromatic rings. The van der Waals surface area contributed by atoms with Gasteiger partial charge in [0.1, 0.15) is 6.61 Å². The number of methoxy groups -OCH3 is 1. The van der Waals surface area contributed by atoms with E-state index in [-0.39, 0.29) is 11.5 Å². The number of ether oxygens (including phenoxy) is 2. The first-order valence-corrected chi connectivity index (χ1v) is 13.2. The highest BCUT2D eigenvalue weighted by molar-refractivity contribution is 8.18. The van der Waals surface area contributed by atoms with E-state index in [1.165, 1.54) is 23.9 Å². The van der Waals surface area contributed by atoms with Gasteiger partial charge in [0.15, 0.2) is 16.7 Å². The molecule has 4 aromatic carbocycles. The zero-order valence-electron chi connectivity index (χ0n) is 21.5. The largest absolute Gasteiger partial charge is 0.493 e. The van der Waals surface area contributed by atoms with Gasteiger partial charge >= 0.3 is 5.97 Å². The van der Waals surface area contributed by atoms with Crippen LogP contribution in [0.5, 0.6) is 11.5 Å². The smallest absolute Gasteiger partial charge is 0.335 e. The second-order valence-corrected chi connectivity index (χ2v) is 9.75. The standard InChI is InChI=1S/C31H26N2O5S/c1-3-33-29(34)28(39-31(33)32-24-14-12-22(13-15-24)30(35)36)18-20-11-16-26(27(17-20)37-2)38-19-23-9-6-8-21-7-4-5-10-25(21)23/h4-18H,3,19H2,1-2H3,(H,35,36)/b28-18-,32-31?. The fourth-order valence-corrected chi connectivity index (χ4v) is 5.34. The van der Waals surface area contributed by atoms with Crippen molar-refractivity contribution in [2.45, 2.75) is 13.5 Å². The van der Waals surface area contributed by atoms with Crippen molar-refractivity contribution in [1.82, 2.24) is 4.90 Å². The molecule has 0 saturated carbocycles. The molecule has 0 aliphatic carbocycles. The van der Waals surface area contributed by atoms with Gasteiger partial charge in [-0.3, -0.25) is 9.69 Å². The van der Waals surface area contributed by atoms with Crippen LogP contribution in [0.2, 0.25) is 0 Å². The van der Waals surface area contributed by atoms with Crippen LogP contribution in [-0.2, 0) is 11.4 Å². The molecule has 1 saturated heterocycles. The summed E-state index contributed by atoms with van der Waals surface area (Å²) in [5, 5.41) is 12.0. The van der Waals surface area contributed by atoms with E-state index in [9.17, 15) is 9.59 Å². The summed E-state index contributed by atoms with van der Waals surface area (Å²) in [6.45, 7) is 2.74. The zero-order chi connectivity index (χ0) is 27.4. The average molecular weight is 539 g/mol. The molecule has 1 heterocycles. The van der Waals surface area contributed by atoms with Crippen molar-refractivity contribution in [3.63, 3.8) is 0 Å². The van der Waals surface area contributed by atoms with E-state index in [1.807, 2.05) is 49.4 Å². The summed E-state index contributed by atoms with van der Waals surface area (Å²) in [6.07, 6.45) is 1.81. The second-order valence-electron chi connectivity index (χ2n) is 8.74. The van der Waals surface area contributed by atoms with Gasteiger partial charge in [-0.2, -0.15) is 0 Å². The molecule has 1 amide bonds.